The van der Waals surface area contributed by atoms with Crippen LogP contribution in [0.25, 0.3) is 6.08 Å². The average molecular weight is 213 g/mol. The molecule has 0 radical (unpaired) electrons. The van der Waals surface area contributed by atoms with Crippen molar-refractivity contribution in [3.05, 3.63) is 35.9 Å². The zero-order chi connectivity index (χ0) is 11.5. The van der Waals surface area contributed by atoms with Crippen molar-refractivity contribution in [1.82, 2.24) is 0 Å². The number of hydrogen-bond acceptors (Lipinski definition) is 2. The number of hydrogen-bond donors (Lipinski definition) is 0. The van der Waals surface area contributed by atoms with Crippen LogP contribution in [-0.4, -0.2) is 6.36 Å². The van der Waals surface area contributed by atoms with Crippen LogP contribution in [0.1, 0.15) is 11.1 Å². The highest BCUT2D eigenvalue weighted by Crippen LogP contribution is 2.30. The van der Waals surface area contributed by atoms with Crippen molar-refractivity contribution >= 4 is 6.08 Å². The fourth-order valence-corrected chi connectivity index (χ4v) is 1.03. The molecule has 0 N–H and O–H groups in total. The molecule has 0 aliphatic carbocycles. The number of rotatable bonds is 2. The van der Waals surface area contributed by atoms with Gasteiger partial charge in [-0.15, -0.1) is 13.2 Å². The molecule has 0 fully saturated rings. The molecule has 0 aromatic heterocycles. The Morgan fingerprint density at radius 1 is 1.40 bits per heavy atom. The lowest BCUT2D eigenvalue weighted by Gasteiger charge is -2.12. The molecule has 1 aromatic carbocycles. The summed E-state index contributed by atoms with van der Waals surface area (Å²) >= 11 is 0. The summed E-state index contributed by atoms with van der Waals surface area (Å²) in [5.74, 6) is -0.512. The first-order valence-corrected chi connectivity index (χ1v) is 3.89. The lowest BCUT2D eigenvalue weighted by molar-refractivity contribution is -0.274. The Morgan fingerprint density at radius 2 is 2.07 bits per heavy atom. The minimum absolute atomic E-state index is 0.131. The number of nitrogens with zero attached hydrogens (tertiary/aromatic N) is 1. The van der Waals surface area contributed by atoms with Crippen molar-refractivity contribution in [2.75, 3.05) is 0 Å². The SMILES string of the molecule is C=Cc1cccc(C#N)c1OC(F)(F)F. The van der Waals surface area contributed by atoms with Gasteiger partial charge in [0.15, 0.2) is 5.75 Å². The average Bonchev–Trinajstić information content (AvgIpc) is 2.16. The molecular formula is C10H6F3NO. The number of halogens is 3. The Labute approximate surface area is 84.2 Å². The second kappa shape index (κ2) is 4.05. The summed E-state index contributed by atoms with van der Waals surface area (Å²) in [4.78, 5) is 0. The highest BCUT2D eigenvalue weighted by atomic mass is 19.4. The minimum atomic E-state index is -4.81. The maximum atomic E-state index is 12.0. The van der Waals surface area contributed by atoms with E-state index in [9.17, 15) is 13.2 Å². The lowest BCUT2D eigenvalue weighted by Crippen LogP contribution is -2.18. The van der Waals surface area contributed by atoms with Crippen LogP contribution in [-0.2, 0) is 0 Å². The van der Waals surface area contributed by atoms with Gasteiger partial charge in [0.05, 0.1) is 5.56 Å². The molecule has 0 bridgehead atoms. The fraction of sp³-hybridized carbons (Fsp3) is 0.100. The molecule has 0 amide bonds. The van der Waals surface area contributed by atoms with Crippen LogP contribution in [0.4, 0.5) is 13.2 Å². The van der Waals surface area contributed by atoms with Crippen molar-refractivity contribution in [3.8, 4) is 11.8 Å². The van der Waals surface area contributed by atoms with Gasteiger partial charge in [0, 0.05) is 5.56 Å². The molecule has 0 saturated carbocycles. The zero-order valence-corrected chi connectivity index (χ0v) is 7.51. The van der Waals surface area contributed by atoms with Gasteiger partial charge in [0.25, 0.3) is 0 Å². The van der Waals surface area contributed by atoms with Gasteiger partial charge in [-0.05, 0) is 6.07 Å². The molecule has 0 spiro atoms. The van der Waals surface area contributed by atoms with E-state index in [1.165, 1.54) is 24.3 Å². The first-order valence-electron chi connectivity index (χ1n) is 3.89. The summed E-state index contributed by atoms with van der Waals surface area (Å²) in [6.45, 7) is 3.34. The second-order valence-electron chi connectivity index (χ2n) is 2.59. The maximum absolute atomic E-state index is 12.0. The first kappa shape index (κ1) is 11.1. The van der Waals surface area contributed by atoms with Crippen LogP contribution >= 0.6 is 0 Å². The van der Waals surface area contributed by atoms with Gasteiger partial charge in [-0.3, -0.25) is 0 Å². The van der Waals surface area contributed by atoms with Gasteiger partial charge in [0.2, 0.25) is 0 Å². The Kier molecular flexibility index (Phi) is 3.00. The normalized spacial score (nSPS) is 10.5. The predicted octanol–water partition coefficient (Wildman–Crippen LogP) is 3.10. The summed E-state index contributed by atoms with van der Waals surface area (Å²) in [7, 11) is 0. The zero-order valence-electron chi connectivity index (χ0n) is 7.51. The van der Waals surface area contributed by atoms with E-state index in [0.29, 0.717) is 0 Å². The third-order valence-corrected chi connectivity index (χ3v) is 1.60. The van der Waals surface area contributed by atoms with Crippen LogP contribution in [0.2, 0.25) is 0 Å². The molecule has 15 heavy (non-hydrogen) atoms. The summed E-state index contributed by atoms with van der Waals surface area (Å²) in [5, 5.41) is 8.60. The number of ether oxygens (including phenoxy) is 1. The molecule has 0 aliphatic heterocycles. The molecule has 5 heteroatoms. The van der Waals surface area contributed by atoms with Crippen molar-refractivity contribution in [2.45, 2.75) is 6.36 Å². The molecule has 0 unspecified atom stereocenters. The summed E-state index contributed by atoms with van der Waals surface area (Å²) in [5.41, 5.74) is -0.0453. The van der Waals surface area contributed by atoms with Crippen molar-refractivity contribution in [1.29, 1.82) is 5.26 Å². The fourth-order valence-electron chi connectivity index (χ4n) is 1.03. The standard InChI is InChI=1S/C10H6F3NO/c1-2-7-4-3-5-8(6-14)9(7)15-10(11,12)13/h2-5H,1H2. The number of para-hydroxylation sites is 1. The Hall–Kier alpha value is -1.96. The molecule has 2 nitrogen and oxygen atoms in total. The molecule has 1 rings (SSSR count). The summed E-state index contributed by atoms with van der Waals surface area (Å²) < 4.78 is 39.8. The Balaban J connectivity index is 3.24. The van der Waals surface area contributed by atoms with Gasteiger partial charge in [-0.25, -0.2) is 0 Å². The molecular weight excluding hydrogens is 207 g/mol. The van der Waals surface area contributed by atoms with E-state index in [-0.39, 0.29) is 11.1 Å². The largest absolute Gasteiger partial charge is 0.573 e. The van der Waals surface area contributed by atoms with E-state index in [2.05, 4.69) is 11.3 Å². The van der Waals surface area contributed by atoms with Crippen molar-refractivity contribution in [3.63, 3.8) is 0 Å². The molecule has 0 atom stereocenters. The van der Waals surface area contributed by atoms with Gasteiger partial charge in [0.1, 0.15) is 6.07 Å². The van der Waals surface area contributed by atoms with E-state index >= 15 is 0 Å². The Bertz CT molecular complexity index is 418. The summed E-state index contributed by atoms with van der Waals surface area (Å²) in [6.07, 6.45) is -3.62. The van der Waals surface area contributed by atoms with Crippen molar-refractivity contribution in [2.24, 2.45) is 0 Å². The molecule has 78 valence electrons. The number of alkyl halides is 3. The highest BCUT2D eigenvalue weighted by molar-refractivity contribution is 5.61. The topological polar surface area (TPSA) is 33.0 Å². The van der Waals surface area contributed by atoms with Gasteiger partial charge >= 0.3 is 6.36 Å². The number of nitriles is 1. The van der Waals surface area contributed by atoms with Crippen LogP contribution in [0, 0.1) is 11.3 Å². The third kappa shape index (κ3) is 2.74. The Morgan fingerprint density at radius 3 is 2.53 bits per heavy atom. The van der Waals surface area contributed by atoms with Gasteiger partial charge in [-0.2, -0.15) is 5.26 Å². The van der Waals surface area contributed by atoms with Gasteiger partial charge < -0.3 is 4.74 Å². The van der Waals surface area contributed by atoms with Crippen molar-refractivity contribution < 1.29 is 17.9 Å². The quantitative estimate of drug-likeness (QED) is 0.756. The molecule has 0 heterocycles. The third-order valence-electron chi connectivity index (χ3n) is 1.60. The van der Waals surface area contributed by atoms with E-state index < -0.39 is 12.1 Å². The van der Waals surface area contributed by atoms with Crippen LogP contribution < -0.4 is 4.74 Å². The van der Waals surface area contributed by atoms with Crippen LogP contribution in [0.5, 0.6) is 5.75 Å². The van der Waals surface area contributed by atoms with Crippen LogP contribution in [0.15, 0.2) is 24.8 Å². The lowest BCUT2D eigenvalue weighted by atomic mass is 10.1. The number of benzene rings is 1. The van der Waals surface area contributed by atoms with Gasteiger partial charge in [-0.1, -0.05) is 24.8 Å². The summed E-state index contributed by atoms with van der Waals surface area (Å²) in [6, 6.07) is 5.71. The molecule has 0 aliphatic rings. The van der Waals surface area contributed by atoms with E-state index in [1.54, 1.807) is 6.07 Å². The second-order valence-corrected chi connectivity index (χ2v) is 2.59. The highest BCUT2D eigenvalue weighted by Gasteiger charge is 2.33. The molecule has 0 saturated heterocycles. The predicted molar refractivity (Wildman–Crippen MR) is 47.9 cm³/mol. The van der Waals surface area contributed by atoms with Crippen LogP contribution in [0.3, 0.4) is 0 Å². The van der Waals surface area contributed by atoms with E-state index in [0.717, 1.165) is 0 Å². The molecule has 1 aromatic rings. The first-order chi connectivity index (χ1) is 6.98. The smallest absolute Gasteiger partial charge is 0.404 e. The maximum Gasteiger partial charge on any atom is 0.573 e. The minimum Gasteiger partial charge on any atom is -0.404 e. The monoisotopic (exact) mass is 213 g/mol. The van der Waals surface area contributed by atoms with E-state index in [1.807, 2.05) is 0 Å². The van der Waals surface area contributed by atoms with E-state index in [4.69, 9.17) is 5.26 Å².